The van der Waals surface area contributed by atoms with Gasteiger partial charge in [-0.3, -0.25) is 4.79 Å². The number of hydrogen-bond donors (Lipinski definition) is 3. The van der Waals surface area contributed by atoms with Gasteiger partial charge in [-0.25, -0.2) is 0 Å². The molecule has 9 heteroatoms. The van der Waals surface area contributed by atoms with Gasteiger partial charge in [-0.05, 0) is 63.0 Å². The van der Waals surface area contributed by atoms with Crippen molar-refractivity contribution in [3.63, 3.8) is 0 Å². The Bertz CT molecular complexity index is 864. The van der Waals surface area contributed by atoms with Gasteiger partial charge < -0.3 is 34.7 Å². The summed E-state index contributed by atoms with van der Waals surface area (Å²) >= 11 is 0. The van der Waals surface area contributed by atoms with Crippen molar-refractivity contribution in [2.24, 2.45) is 0 Å². The molecule has 8 nitrogen and oxygen atoms in total. The number of carbonyl (C=O) groups is 1. The predicted octanol–water partition coefficient (Wildman–Crippen LogP) is 2.69. The summed E-state index contributed by atoms with van der Waals surface area (Å²) in [5.74, 6) is 2.95. The van der Waals surface area contributed by atoms with Gasteiger partial charge in [0.2, 0.25) is 13.6 Å². The van der Waals surface area contributed by atoms with Gasteiger partial charge in [-0.15, -0.1) is 12.4 Å². The maximum Gasteiger partial charge on any atom is 0.231 e. The van der Waals surface area contributed by atoms with Gasteiger partial charge in [0.25, 0.3) is 0 Å². The van der Waals surface area contributed by atoms with Crippen LogP contribution in [-0.2, 0) is 0 Å². The second-order valence-corrected chi connectivity index (χ2v) is 6.87. The Balaban J connectivity index is 0.000000213. The Hall–Kier alpha value is -2.52. The highest BCUT2D eigenvalue weighted by Crippen LogP contribution is 2.35. The molecule has 2 aromatic rings. The molecule has 4 rings (SSSR count). The molecule has 170 valence electrons. The third-order valence-electron chi connectivity index (χ3n) is 4.75. The summed E-state index contributed by atoms with van der Waals surface area (Å²) < 4.78 is 20.8. The highest BCUT2D eigenvalue weighted by molar-refractivity contribution is 5.96. The van der Waals surface area contributed by atoms with Crippen molar-refractivity contribution in [3.8, 4) is 23.0 Å². The molecule has 0 saturated heterocycles. The van der Waals surface area contributed by atoms with Gasteiger partial charge >= 0.3 is 0 Å². The molecule has 0 saturated carbocycles. The zero-order valence-electron chi connectivity index (χ0n) is 17.7. The Kier molecular flexibility index (Phi) is 9.87. The van der Waals surface area contributed by atoms with E-state index in [2.05, 4.69) is 10.6 Å². The Labute approximate surface area is 188 Å². The molecule has 0 fully saturated rings. The van der Waals surface area contributed by atoms with Crippen LogP contribution in [0.3, 0.4) is 0 Å². The molecule has 0 aliphatic carbocycles. The van der Waals surface area contributed by atoms with E-state index in [0.29, 0.717) is 36.4 Å². The van der Waals surface area contributed by atoms with E-state index in [0.717, 1.165) is 23.6 Å². The summed E-state index contributed by atoms with van der Waals surface area (Å²) in [7, 11) is 3.69. The number of Topliss-reactive ketones (excluding diaryl/α,β-unsaturated/α-hetero) is 1. The van der Waals surface area contributed by atoms with E-state index in [1.807, 2.05) is 32.3 Å². The van der Waals surface area contributed by atoms with Gasteiger partial charge in [0.05, 0.1) is 6.10 Å². The first-order valence-electron chi connectivity index (χ1n) is 9.92. The number of hydrogen-bond acceptors (Lipinski definition) is 8. The van der Waals surface area contributed by atoms with Gasteiger partial charge in [0.1, 0.15) is 0 Å². The minimum Gasteiger partial charge on any atom is -0.454 e. The number of aliphatic hydroxyl groups excluding tert-OH is 1. The van der Waals surface area contributed by atoms with Gasteiger partial charge in [0.15, 0.2) is 28.8 Å². The first-order valence-corrected chi connectivity index (χ1v) is 9.92. The van der Waals surface area contributed by atoms with Crippen molar-refractivity contribution in [2.45, 2.75) is 18.9 Å². The van der Waals surface area contributed by atoms with Crippen LogP contribution in [0.4, 0.5) is 0 Å². The summed E-state index contributed by atoms with van der Waals surface area (Å²) in [6.07, 6.45) is 0.735. The van der Waals surface area contributed by atoms with Crippen LogP contribution in [0.5, 0.6) is 23.0 Å². The summed E-state index contributed by atoms with van der Waals surface area (Å²) in [6.45, 7) is 1.98. The molecule has 0 bridgehead atoms. The highest BCUT2D eigenvalue weighted by atomic mass is 35.5. The third kappa shape index (κ3) is 6.73. The quantitative estimate of drug-likeness (QED) is 0.526. The minimum atomic E-state index is -0.452. The predicted molar refractivity (Wildman–Crippen MR) is 119 cm³/mol. The topological polar surface area (TPSA) is 98.3 Å². The second-order valence-electron chi connectivity index (χ2n) is 6.87. The number of fused-ring (bicyclic) bond motifs is 2. The molecule has 3 N–H and O–H groups in total. The number of nitrogens with one attached hydrogen (secondary N) is 2. The van der Waals surface area contributed by atoms with Gasteiger partial charge in [-0.1, -0.05) is 6.07 Å². The van der Waals surface area contributed by atoms with Crippen LogP contribution < -0.4 is 29.6 Å². The fraction of sp³-hybridized carbons (Fsp3) is 0.409. The van der Waals surface area contributed by atoms with Crippen LogP contribution in [0.25, 0.3) is 0 Å². The van der Waals surface area contributed by atoms with E-state index in [9.17, 15) is 9.90 Å². The molecule has 0 radical (unpaired) electrons. The van der Waals surface area contributed by atoms with Crippen molar-refractivity contribution < 1.29 is 28.8 Å². The van der Waals surface area contributed by atoms with E-state index in [1.54, 1.807) is 18.2 Å². The molecule has 31 heavy (non-hydrogen) atoms. The van der Waals surface area contributed by atoms with Crippen LogP contribution in [0.1, 0.15) is 34.9 Å². The first-order chi connectivity index (χ1) is 14.6. The Morgan fingerprint density at radius 1 is 0.903 bits per heavy atom. The molecule has 2 heterocycles. The van der Waals surface area contributed by atoms with Crippen LogP contribution in [0.2, 0.25) is 0 Å². The smallest absolute Gasteiger partial charge is 0.231 e. The van der Waals surface area contributed by atoms with Crippen LogP contribution >= 0.6 is 12.4 Å². The van der Waals surface area contributed by atoms with Crippen molar-refractivity contribution in [1.29, 1.82) is 0 Å². The average Bonchev–Trinajstić information content (AvgIpc) is 3.44. The largest absolute Gasteiger partial charge is 0.454 e. The fourth-order valence-electron chi connectivity index (χ4n) is 3.02. The first kappa shape index (κ1) is 24.7. The van der Waals surface area contributed by atoms with E-state index in [4.69, 9.17) is 18.9 Å². The number of aliphatic hydroxyl groups is 1. The number of halogens is 1. The fourth-order valence-corrected chi connectivity index (χ4v) is 3.02. The summed E-state index contributed by atoms with van der Waals surface area (Å²) in [4.78, 5) is 11.7. The summed E-state index contributed by atoms with van der Waals surface area (Å²) in [5.41, 5.74) is 1.55. The Morgan fingerprint density at radius 2 is 1.48 bits per heavy atom. The van der Waals surface area contributed by atoms with Crippen molar-refractivity contribution in [3.05, 3.63) is 47.5 Å². The molecule has 2 aliphatic rings. The van der Waals surface area contributed by atoms with Crippen molar-refractivity contribution in [1.82, 2.24) is 10.6 Å². The van der Waals surface area contributed by atoms with E-state index < -0.39 is 6.10 Å². The molecular weight excluding hydrogens is 424 g/mol. The van der Waals surface area contributed by atoms with Crippen LogP contribution in [0, 0.1) is 0 Å². The second kappa shape index (κ2) is 12.4. The van der Waals surface area contributed by atoms with Crippen molar-refractivity contribution >= 4 is 18.2 Å². The highest BCUT2D eigenvalue weighted by Gasteiger charge is 2.17. The zero-order chi connectivity index (χ0) is 21.3. The average molecular weight is 453 g/mol. The van der Waals surface area contributed by atoms with E-state index in [1.165, 1.54) is 0 Å². The molecule has 0 amide bonds. The molecule has 0 spiro atoms. The monoisotopic (exact) mass is 452 g/mol. The third-order valence-corrected chi connectivity index (χ3v) is 4.75. The number of carbonyl (C=O) groups excluding carboxylic acids is 1. The zero-order valence-corrected chi connectivity index (χ0v) is 18.5. The summed E-state index contributed by atoms with van der Waals surface area (Å²) in [6, 6.07) is 10.8. The number of ketones is 1. The molecule has 2 aromatic carbocycles. The van der Waals surface area contributed by atoms with Gasteiger partial charge in [-0.2, -0.15) is 0 Å². The van der Waals surface area contributed by atoms with Crippen molar-refractivity contribution in [2.75, 3.05) is 40.8 Å². The maximum atomic E-state index is 11.7. The van der Waals surface area contributed by atoms with E-state index in [-0.39, 0.29) is 31.8 Å². The Morgan fingerprint density at radius 3 is 2.13 bits per heavy atom. The SMILES string of the molecule is CNCCC(=O)c1ccc2c(c1)OCO2.CNCC[C@@H](O)c1ccc2c(c1)OCO2.Cl. The lowest BCUT2D eigenvalue weighted by Gasteiger charge is -2.10. The molecule has 2 aliphatic heterocycles. The van der Waals surface area contributed by atoms with Crippen LogP contribution in [0.15, 0.2) is 36.4 Å². The summed E-state index contributed by atoms with van der Waals surface area (Å²) in [5, 5.41) is 15.8. The van der Waals surface area contributed by atoms with Gasteiger partial charge in [0, 0.05) is 18.5 Å². The number of benzene rings is 2. The number of rotatable bonds is 8. The minimum absolute atomic E-state index is 0. The lowest BCUT2D eigenvalue weighted by atomic mass is 10.1. The lowest BCUT2D eigenvalue weighted by Crippen LogP contribution is -2.12. The molecule has 0 aromatic heterocycles. The van der Waals surface area contributed by atoms with E-state index >= 15 is 0 Å². The number of ether oxygens (including phenoxy) is 4. The normalized spacial score (nSPS) is 13.6. The lowest BCUT2D eigenvalue weighted by molar-refractivity contribution is 0.0982. The molecule has 1 atom stereocenters. The van der Waals surface area contributed by atoms with Crippen LogP contribution in [-0.4, -0.2) is 51.7 Å². The maximum absolute atomic E-state index is 11.7. The standard InChI is InChI=1S/C11H15NO3.C11H13NO3.ClH/c2*1-12-5-4-9(13)8-2-3-10-11(6-8)15-7-14-10;/h2-3,6,9,12-13H,4-5,7H2,1H3;2-3,6,12H,4-5,7H2,1H3;1H/t9-;;/m1../s1. The molecule has 0 unspecified atom stereocenters. The molecular formula is C22H29ClN2O6.